The third-order valence-corrected chi connectivity index (χ3v) is 5.98. The molecule has 5 heteroatoms. The lowest BCUT2D eigenvalue weighted by atomic mass is 9.99. The predicted molar refractivity (Wildman–Crippen MR) is 123 cm³/mol. The number of nitrogens with zero attached hydrogens (tertiary/aromatic N) is 2. The molecule has 0 atom stereocenters. The lowest BCUT2D eigenvalue weighted by Gasteiger charge is -2.16. The van der Waals surface area contributed by atoms with E-state index in [1.54, 1.807) is 17.7 Å². The Bertz CT molecular complexity index is 1180. The van der Waals surface area contributed by atoms with Crippen LogP contribution in [0.5, 0.6) is 5.75 Å². The van der Waals surface area contributed by atoms with Crippen molar-refractivity contribution in [2.75, 3.05) is 5.32 Å². The first-order chi connectivity index (χ1) is 13.9. The zero-order valence-electron chi connectivity index (χ0n) is 17.4. The van der Waals surface area contributed by atoms with E-state index >= 15 is 0 Å². The molecule has 29 heavy (non-hydrogen) atoms. The van der Waals surface area contributed by atoms with Crippen LogP contribution in [0.1, 0.15) is 29.9 Å². The number of nitrogens with one attached hydrogen (secondary N) is 1. The fraction of sp³-hybridized carbons (Fsp3) is 0.250. The van der Waals surface area contributed by atoms with Crippen LogP contribution in [0.15, 0.2) is 48.8 Å². The molecule has 4 nitrogen and oxygen atoms in total. The van der Waals surface area contributed by atoms with Crippen molar-refractivity contribution in [3.63, 3.8) is 0 Å². The molecule has 2 aromatic carbocycles. The third kappa shape index (κ3) is 3.83. The maximum atomic E-state index is 5.98. The minimum absolute atomic E-state index is 0.0952. The molecule has 0 aliphatic heterocycles. The number of hydrogen-bond acceptors (Lipinski definition) is 5. The van der Waals surface area contributed by atoms with E-state index < -0.39 is 0 Å². The summed E-state index contributed by atoms with van der Waals surface area (Å²) >= 11 is 1.70. The van der Waals surface area contributed by atoms with Crippen LogP contribution >= 0.6 is 11.3 Å². The zero-order valence-corrected chi connectivity index (χ0v) is 18.2. The first-order valence-electron chi connectivity index (χ1n) is 9.78. The first kappa shape index (κ1) is 19.4. The van der Waals surface area contributed by atoms with Crippen molar-refractivity contribution in [3.8, 4) is 16.9 Å². The molecule has 0 spiro atoms. The molecule has 0 fully saturated rings. The highest BCUT2D eigenvalue weighted by Crippen LogP contribution is 2.42. The molecule has 0 bridgehead atoms. The van der Waals surface area contributed by atoms with Gasteiger partial charge in [-0.05, 0) is 63.4 Å². The summed E-state index contributed by atoms with van der Waals surface area (Å²) in [6.45, 7) is 10.5. The molecule has 2 aromatic heterocycles. The Labute approximate surface area is 175 Å². The van der Waals surface area contributed by atoms with Gasteiger partial charge in [-0.2, -0.15) is 0 Å². The Balaban J connectivity index is 1.86. The molecule has 0 saturated carbocycles. The molecular weight excluding hydrogens is 378 g/mol. The van der Waals surface area contributed by atoms with E-state index in [2.05, 4.69) is 54.3 Å². The Hall–Kier alpha value is -2.92. The standard InChI is InChI=1S/C24H25N3OS/c1-14(2)28-20-9-7-6-8-19(20)27-23-22-21(17(5)29-24(22)26-13-25-23)18-11-10-15(3)16(4)12-18/h6-14H,1-5H3,(H,25,26,27). The molecule has 0 radical (unpaired) electrons. The minimum Gasteiger partial charge on any atom is -0.489 e. The molecule has 4 rings (SSSR count). The van der Waals surface area contributed by atoms with Crippen LogP contribution in [0, 0.1) is 20.8 Å². The largest absolute Gasteiger partial charge is 0.489 e. The molecule has 0 saturated heterocycles. The number of para-hydroxylation sites is 2. The van der Waals surface area contributed by atoms with Crippen LogP contribution in [0.3, 0.4) is 0 Å². The molecule has 1 N–H and O–H groups in total. The van der Waals surface area contributed by atoms with Crippen molar-refractivity contribution in [1.82, 2.24) is 9.97 Å². The number of hydrogen-bond donors (Lipinski definition) is 1. The highest BCUT2D eigenvalue weighted by atomic mass is 32.1. The second-order valence-electron chi connectivity index (χ2n) is 7.52. The van der Waals surface area contributed by atoms with E-state index in [0.29, 0.717) is 0 Å². The number of ether oxygens (including phenoxy) is 1. The highest BCUT2D eigenvalue weighted by Gasteiger charge is 2.18. The van der Waals surface area contributed by atoms with Crippen LogP contribution in [0.25, 0.3) is 21.3 Å². The lowest BCUT2D eigenvalue weighted by Crippen LogP contribution is -2.07. The number of thiophene rings is 1. The molecule has 0 aliphatic rings. The van der Waals surface area contributed by atoms with Gasteiger partial charge >= 0.3 is 0 Å². The summed E-state index contributed by atoms with van der Waals surface area (Å²) in [4.78, 5) is 11.3. The van der Waals surface area contributed by atoms with E-state index in [1.807, 2.05) is 38.1 Å². The average molecular weight is 404 g/mol. The van der Waals surface area contributed by atoms with Crippen molar-refractivity contribution in [3.05, 3.63) is 64.8 Å². The second-order valence-corrected chi connectivity index (χ2v) is 8.73. The van der Waals surface area contributed by atoms with E-state index in [4.69, 9.17) is 4.74 Å². The summed E-state index contributed by atoms with van der Waals surface area (Å²) in [5.41, 5.74) is 5.86. The molecule has 148 valence electrons. The topological polar surface area (TPSA) is 47.0 Å². The van der Waals surface area contributed by atoms with Crippen molar-refractivity contribution in [2.24, 2.45) is 0 Å². The number of fused-ring (bicyclic) bond motifs is 1. The minimum atomic E-state index is 0.0952. The molecule has 4 aromatic rings. The van der Waals surface area contributed by atoms with Gasteiger partial charge in [-0.1, -0.05) is 30.3 Å². The first-order valence-corrected chi connectivity index (χ1v) is 10.6. The Morgan fingerprint density at radius 3 is 2.52 bits per heavy atom. The van der Waals surface area contributed by atoms with Gasteiger partial charge in [-0.3, -0.25) is 0 Å². The van der Waals surface area contributed by atoms with Crippen LogP contribution < -0.4 is 10.1 Å². The molecular formula is C24H25N3OS. The monoisotopic (exact) mass is 403 g/mol. The van der Waals surface area contributed by atoms with E-state index in [0.717, 1.165) is 27.5 Å². The van der Waals surface area contributed by atoms with Gasteiger partial charge in [-0.25, -0.2) is 9.97 Å². The van der Waals surface area contributed by atoms with E-state index in [1.165, 1.54) is 27.1 Å². The van der Waals surface area contributed by atoms with E-state index in [9.17, 15) is 0 Å². The Morgan fingerprint density at radius 1 is 0.966 bits per heavy atom. The van der Waals surface area contributed by atoms with Crippen molar-refractivity contribution in [1.29, 1.82) is 0 Å². The van der Waals surface area contributed by atoms with Gasteiger partial charge in [0.05, 0.1) is 17.2 Å². The fourth-order valence-electron chi connectivity index (χ4n) is 3.44. The maximum Gasteiger partial charge on any atom is 0.143 e. The van der Waals surface area contributed by atoms with E-state index in [-0.39, 0.29) is 6.10 Å². The quantitative estimate of drug-likeness (QED) is 0.397. The van der Waals surface area contributed by atoms with Gasteiger partial charge in [-0.15, -0.1) is 11.3 Å². The molecule has 0 unspecified atom stereocenters. The molecule has 0 amide bonds. The molecule has 0 aliphatic carbocycles. The second kappa shape index (κ2) is 7.84. The van der Waals surface area contributed by atoms with Gasteiger partial charge in [0, 0.05) is 10.4 Å². The highest BCUT2D eigenvalue weighted by molar-refractivity contribution is 7.19. The summed E-state index contributed by atoms with van der Waals surface area (Å²) in [5.74, 6) is 1.61. The Morgan fingerprint density at radius 2 is 1.76 bits per heavy atom. The predicted octanol–water partition coefficient (Wildman–Crippen LogP) is 6.81. The van der Waals surface area contributed by atoms with Gasteiger partial charge in [0.15, 0.2) is 0 Å². The number of aryl methyl sites for hydroxylation is 3. The van der Waals surface area contributed by atoms with Gasteiger partial charge in [0.25, 0.3) is 0 Å². The van der Waals surface area contributed by atoms with Crippen molar-refractivity contribution in [2.45, 2.75) is 40.7 Å². The number of rotatable bonds is 5. The number of anilines is 2. The number of aromatic nitrogens is 2. The molecule has 2 heterocycles. The van der Waals surface area contributed by atoms with Crippen LogP contribution in [-0.2, 0) is 0 Å². The SMILES string of the molecule is Cc1ccc(-c2c(C)sc3ncnc(Nc4ccccc4OC(C)C)c23)cc1C. The van der Waals surface area contributed by atoms with Crippen molar-refractivity contribution >= 4 is 33.1 Å². The average Bonchev–Trinajstić information content (AvgIpc) is 3.02. The normalized spacial score (nSPS) is 11.2. The summed E-state index contributed by atoms with van der Waals surface area (Å²) in [6, 6.07) is 14.6. The number of benzene rings is 2. The lowest BCUT2D eigenvalue weighted by molar-refractivity contribution is 0.244. The zero-order chi connectivity index (χ0) is 20.5. The fourth-order valence-corrected chi connectivity index (χ4v) is 4.45. The third-order valence-electron chi connectivity index (χ3n) is 4.96. The van der Waals surface area contributed by atoms with Crippen LogP contribution in [0.2, 0.25) is 0 Å². The van der Waals surface area contributed by atoms with Crippen LogP contribution in [-0.4, -0.2) is 16.1 Å². The van der Waals surface area contributed by atoms with Gasteiger partial charge < -0.3 is 10.1 Å². The smallest absolute Gasteiger partial charge is 0.143 e. The summed E-state index contributed by atoms with van der Waals surface area (Å²) in [7, 11) is 0. The van der Waals surface area contributed by atoms with Gasteiger partial charge in [0.2, 0.25) is 0 Å². The summed E-state index contributed by atoms with van der Waals surface area (Å²) in [5, 5.41) is 4.55. The van der Waals surface area contributed by atoms with Gasteiger partial charge in [0.1, 0.15) is 22.7 Å². The maximum absolute atomic E-state index is 5.98. The summed E-state index contributed by atoms with van der Waals surface area (Å²) < 4.78 is 5.98. The van der Waals surface area contributed by atoms with Crippen molar-refractivity contribution < 1.29 is 4.74 Å². The summed E-state index contributed by atoms with van der Waals surface area (Å²) in [6.07, 6.45) is 1.72. The Kier molecular flexibility index (Phi) is 5.24. The van der Waals surface area contributed by atoms with Crippen LogP contribution in [0.4, 0.5) is 11.5 Å².